The van der Waals surface area contributed by atoms with Crippen LogP contribution in [-0.2, 0) is 0 Å². The molecule has 0 fully saturated rings. The molecule has 0 saturated carbocycles. The lowest BCUT2D eigenvalue weighted by Crippen LogP contribution is -2.25. The first-order valence-corrected chi connectivity index (χ1v) is 6.63. The summed E-state index contributed by atoms with van der Waals surface area (Å²) in [5, 5.41) is 1.86. The van der Waals surface area contributed by atoms with Crippen molar-refractivity contribution in [3.8, 4) is 0 Å². The van der Waals surface area contributed by atoms with Crippen molar-refractivity contribution in [2.75, 3.05) is 24.5 Å². The number of anilines is 1. The average molecular weight is 264 g/mol. The second kappa shape index (κ2) is 6.03. The van der Waals surface area contributed by atoms with E-state index in [9.17, 15) is 0 Å². The highest BCUT2D eigenvalue weighted by molar-refractivity contribution is 6.31. The van der Waals surface area contributed by atoms with Crippen LogP contribution >= 0.6 is 11.6 Å². The van der Waals surface area contributed by atoms with Gasteiger partial charge in [0.15, 0.2) is 0 Å². The first-order valence-electron chi connectivity index (χ1n) is 6.25. The quantitative estimate of drug-likeness (QED) is 0.902. The van der Waals surface area contributed by atoms with E-state index in [-0.39, 0.29) is 0 Å². The van der Waals surface area contributed by atoms with Crippen molar-refractivity contribution in [1.29, 1.82) is 0 Å². The van der Waals surface area contributed by atoms with Gasteiger partial charge in [0.2, 0.25) is 0 Å². The van der Waals surface area contributed by atoms with Crippen LogP contribution in [0.1, 0.15) is 13.3 Å². The van der Waals surface area contributed by atoms with Crippen molar-refractivity contribution in [3.63, 3.8) is 0 Å². The first kappa shape index (κ1) is 13.1. The predicted molar refractivity (Wildman–Crippen MR) is 78.3 cm³/mol. The summed E-state index contributed by atoms with van der Waals surface area (Å²) in [6.45, 7) is 4.79. The fourth-order valence-corrected chi connectivity index (χ4v) is 2.28. The van der Waals surface area contributed by atoms with Gasteiger partial charge in [0, 0.05) is 35.4 Å². The molecule has 2 rings (SSSR count). The number of hydrogen-bond donors (Lipinski definition) is 1. The highest BCUT2D eigenvalue weighted by atomic mass is 35.5. The molecule has 0 amide bonds. The molecule has 18 heavy (non-hydrogen) atoms. The number of pyridine rings is 1. The van der Waals surface area contributed by atoms with Gasteiger partial charge in [-0.25, -0.2) is 0 Å². The van der Waals surface area contributed by atoms with Crippen LogP contribution in [0.25, 0.3) is 10.9 Å². The molecule has 4 heteroatoms. The Morgan fingerprint density at radius 1 is 1.33 bits per heavy atom. The molecule has 0 aliphatic rings. The monoisotopic (exact) mass is 263 g/mol. The number of nitrogens with two attached hydrogens (primary N) is 1. The summed E-state index contributed by atoms with van der Waals surface area (Å²) >= 11 is 6.00. The minimum atomic E-state index is 0.714. The van der Waals surface area contributed by atoms with Crippen LogP contribution in [0.2, 0.25) is 5.02 Å². The Morgan fingerprint density at radius 2 is 2.17 bits per heavy atom. The Balaban J connectivity index is 2.42. The van der Waals surface area contributed by atoms with Crippen LogP contribution in [0.15, 0.2) is 30.5 Å². The zero-order valence-corrected chi connectivity index (χ0v) is 11.3. The van der Waals surface area contributed by atoms with Crippen molar-refractivity contribution in [2.45, 2.75) is 13.3 Å². The number of rotatable bonds is 5. The zero-order valence-electron chi connectivity index (χ0n) is 10.6. The van der Waals surface area contributed by atoms with Crippen LogP contribution in [0, 0.1) is 0 Å². The minimum Gasteiger partial charge on any atom is -0.371 e. The van der Waals surface area contributed by atoms with Crippen LogP contribution in [0.5, 0.6) is 0 Å². The minimum absolute atomic E-state index is 0.714. The lowest BCUT2D eigenvalue weighted by atomic mass is 10.1. The number of hydrogen-bond acceptors (Lipinski definition) is 3. The number of fused-ring (bicyclic) bond motifs is 1. The number of benzene rings is 1. The van der Waals surface area contributed by atoms with Gasteiger partial charge in [0.25, 0.3) is 0 Å². The Hall–Kier alpha value is -1.32. The maximum atomic E-state index is 6.00. The topological polar surface area (TPSA) is 42.1 Å². The Morgan fingerprint density at radius 3 is 2.89 bits per heavy atom. The maximum absolute atomic E-state index is 6.00. The summed E-state index contributed by atoms with van der Waals surface area (Å²) in [5.74, 6) is 0. The van der Waals surface area contributed by atoms with Gasteiger partial charge in [0.05, 0.1) is 5.52 Å². The second-order valence-electron chi connectivity index (χ2n) is 4.21. The molecular weight excluding hydrogens is 246 g/mol. The molecule has 0 aliphatic heterocycles. The van der Waals surface area contributed by atoms with Gasteiger partial charge in [-0.1, -0.05) is 11.6 Å². The molecule has 1 aromatic carbocycles. The molecule has 96 valence electrons. The second-order valence-corrected chi connectivity index (χ2v) is 4.65. The molecule has 1 aromatic heterocycles. The number of halogens is 1. The average Bonchev–Trinajstić information content (AvgIpc) is 2.39. The zero-order chi connectivity index (χ0) is 13.0. The molecule has 3 nitrogen and oxygen atoms in total. The molecule has 1 heterocycles. The SMILES string of the molecule is CCN(CCCN)c1ccnc2cc(Cl)ccc12. The fraction of sp³-hybridized carbons (Fsp3) is 0.357. The normalized spacial score (nSPS) is 10.8. The third-order valence-electron chi connectivity index (χ3n) is 3.04. The van der Waals surface area contributed by atoms with E-state index in [0.717, 1.165) is 35.4 Å². The molecule has 0 atom stereocenters. The summed E-state index contributed by atoms with van der Waals surface area (Å²) in [4.78, 5) is 6.69. The van der Waals surface area contributed by atoms with Crippen molar-refractivity contribution in [3.05, 3.63) is 35.5 Å². The molecule has 0 bridgehead atoms. The Kier molecular flexibility index (Phi) is 4.39. The third kappa shape index (κ3) is 2.74. The van der Waals surface area contributed by atoms with E-state index in [1.807, 2.05) is 24.4 Å². The fourth-order valence-electron chi connectivity index (χ4n) is 2.11. The van der Waals surface area contributed by atoms with Gasteiger partial charge in [-0.15, -0.1) is 0 Å². The van der Waals surface area contributed by atoms with Crippen LogP contribution in [0.4, 0.5) is 5.69 Å². The molecule has 0 radical (unpaired) electrons. The molecule has 2 aromatic rings. The first-order chi connectivity index (χ1) is 8.76. The smallest absolute Gasteiger partial charge is 0.0737 e. The van der Waals surface area contributed by atoms with Crippen molar-refractivity contribution in [1.82, 2.24) is 4.98 Å². The largest absolute Gasteiger partial charge is 0.371 e. The van der Waals surface area contributed by atoms with E-state index < -0.39 is 0 Å². The van der Waals surface area contributed by atoms with Gasteiger partial charge in [-0.05, 0) is 44.2 Å². The van der Waals surface area contributed by atoms with Gasteiger partial charge in [-0.2, -0.15) is 0 Å². The van der Waals surface area contributed by atoms with E-state index in [0.29, 0.717) is 6.54 Å². The van der Waals surface area contributed by atoms with Crippen molar-refractivity contribution >= 4 is 28.2 Å². The van der Waals surface area contributed by atoms with Crippen molar-refractivity contribution in [2.24, 2.45) is 5.73 Å². The molecule has 2 N–H and O–H groups in total. The van der Waals surface area contributed by atoms with E-state index in [1.165, 1.54) is 5.69 Å². The van der Waals surface area contributed by atoms with Gasteiger partial charge in [-0.3, -0.25) is 4.98 Å². The molecule has 0 aliphatic carbocycles. The summed E-state index contributed by atoms with van der Waals surface area (Å²) in [7, 11) is 0. The van der Waals surface area contributed by atoms with Crippen molar-refractivity contribution < 1.29 is 0 Å². The van der Waals surface area contributed by atoms with E-state index in [1.54, 1.807) is 0 Å². The molecule has 0 unspecified atom stereocenters. The lowest BCUT2D eigenvalue weighted by Gasteiger charge is -2.24. The predicted octanol–water partition coefficient (Wildman–Crippen LogP) is 3.06. The molecule has 0 spiro atoms. The Bertz CT molecular complexity index is 527. The van der Waals surface area contributed by atoms with E-state index >= 15 is 0 Å². The maximum Gasteiger partial charge on any atom is 0.0737 e. The standard InChI is InChI=1S/C14H18ClN3/c1-2-18(9-3-7-16)14-6-8-17-13-10-11(15)4-5-12(13)14/h4-6,8,10H,2-3,7,9,16H2,1H3. The lowest BCUT2D eigenvalue weighted by molar-refractivity contribution is 0.756. The molecular formula is C14H18ClN3. The van der Waals surface area contributed by atoms with Gasteiger partial charge >= 0.3 is 0 Å². The number of aromatic nitrogens is 1. The highest BCUT2D eigenvalue weighted by Gasteiger charge is 2.08. The van der Waals surface area contributed by atoms with Gasteiger partial charge < -0.3 is 10.6 Å². The Labute approximate surface area is 113 Å². The van der Waals surface area contributed by atoms with Crippen LogP contribution < -0.4 is 10.6 Å². The van der Waals surface area contributed by atoms with Gasteiger partial charge in [0.1, 0.15) is 0 Å². The van der Waals surface area contributed by atoms with E-state index in [2.05, 4.69) is 22.9 Å². The third-order valence-corrected chi connectivity index (χ3v) is 3.27. The summed E-state index contributed by atoms with van der Waals surface area (Å²) in [6.07, 6.45) is 2.82. The number of nitrogens with zero attached hydrogens (tertiary/aromatic N) is 2. The van der Waals surface area contributed by atoms with Crippen LogP contribution in [0.3, 0.4) is 0 Å². The summed E-state index contributed by atoms with van der Waals surface area (Å²) < 4.78 is 0. The molecule has 0 saturated heterocycles. The van der Waals surface area contributed by atoms with E-state index in [4.69, 9.17) is 17.3 Å². The highest BCUT2D eigenvalue weighted by Crippen LogP contribution is 2.27. The summed E-state index contributed by atoms with van der Waals surface area (Å²) in [5.41, 5.74) is 7.72. The summed E-state index contributed by atoms with van der Waals surface area (Å²) in [6, 6.07) is 7.89. The van der Waals surface area contributed by atoms with Crippen LogP contribution in [-0.4, -0.2) is 24.6 Å².